The molecule has 5 nitrogen and oxygen atoms in total. The average molecular weight is 251 g/mol. The molecule has 0 saturated carbocycles. The van der Waals surface area contributed by atoms with Gasteiger partial charge in [-0.2, -0.15) is 0 Å². The van der Waals surface area contributed by atoms with Crippen molar-refractivity contribution >= 4 is 11.8 Å². The maximum absolute atomic E-state index is 11.8. The molecule has 6 heteroatoms. The van der Waals surface area contributed by atoms with Crippen LogP contribution >= 0.6 is 11.8 Å². The molecule has 0 saturated heterocycles. The SMILES string of the molecule is CSc1nc(-c2c(C)noc2C)cc(=O)n1C. The monoisotopic (exact) mass is 251 g/mol. The zero-order valence-corrected chi connectivity index (χ0v) is 11.0. The third-order valence-electron chi connectivity index (χ3n) is 2.57. The highest BCUT2D eigenvalue weighted by atomic mass is 32.2. The molecular formula is C11H13N3O2S. The van der Waals surface area contributed by atoms with E-state index in [1.165, 1.54) is 22.4 Å². The molecule has 2 aromatic rings. The van der Waals surface area contributed by atoms with Gasteiger partial charge < -0.3 is 4.52 Å². The summed E-state index contributed by atoms with van der Waals surface area (Å²) in [6.45, 7) is 3.65. The summed E-state index contributed by atoms with van der Waals surface area (Å²) in [5, 5.41) is 4.54. The Balaban J connectivity index is 2.69. The first-order valence-electron chi connectivity index (χ1n) is 5.10. The first-order chi connectivity index (χ1) is 8.04. The lowest BCUT2D eigenvalue weighted by atomic mass is 10.1. The molecule has 0 unspecified atom stereocenters. The molecule has 0 atom stereocenters. The lowest BCUT2D eigenvalue weighted by molar-refractivity contribution is 0.393. The highest BCUT2D eigenvalue weighted by Crippen LogP contribution is 2.25. The Labute approximate surface area is 103 Å². The van der Waals surface area contributed by atoms with Crippen LogP contribution in [0, 0.1) is 13.8 Å². The van der Waals surface area contributed by atoms with Gasteiger partial charge in [0.05, 0.1) is 17.0 Å². The van der Waals surface area contributed by atoms with Gasteiger partial charge in [0, 0.05) is 13.1 Å². The zero-order valence-electron chi connectivity index (χ0n) is 10.1. The number of hydrogen-bond donors (Lipinski definition) is 0. The van der Waals surface area contributed by atoms with E-state index in [-0.39, 0.29) is 5.56 Å². The molecule has 0 aromatic carbocycles. The van der Waals surface area contributed by atoms with Crippen LogP contribution in [0.1, 0.15) is 11.5 Å². The maximum Gasteiger partial charge on any atom is 0.254 e. The summed E-state index contributed by atoms with van der Waals surface area (Å²) >= 11 is 1.43. The van der Waals surface area contributed by atoms with Crippen LogP contribution in [0.2, 0.25) is 0 Å². The fourth-order valence-electron chi connectivity index (χ4n) is 1.68. The molecule has 0 N–H and O–H groups in total. The number of nitrogens with zero attached hydrogens (tertiary/aromatic N) is 3. The van der Waals surface area contributed by atoms with Crippen molar-refractivity contribution in [3.63, 3.8) is 0 Å². The van der Waals surface area contributed by atoms with E-state index in [9.17, 15) is 4.79 Å². The molecule has 0 radical (unpaired) electrons. The van der Waals surface area contributed by atoms with Crippen LogP contribution in [0.25, 0.3) is 11.3 Å². The Morgan fingerprint density at radius 3 is 2.65 bits per heavy atom. The van der Waals surface area contributed by atoms with Crippen molar-refractivity contribution in [3.05, 3.63) is 27.9 Å². The molecule has 0 bridgehead atoms. The van der Waals surface area contributed by atoms with Gasteiger partial charge in [0.2, 0.25) is 0 Å². The van der Waals surface area contributed by atoms with Crippen molar-refractivity contribution in [2.45, 2.75) is 19.0 Å². The third kappa shape index (κ3) is 2.00. The first kappa shape index (κ1) is 11.9. The van der Waals surface area contributed by atoms with Crippen molar-refractivity contribution in [2.24, 2.45) is 7.05 Å². The summed E-state index contributed by atoms with van der Waals surface area (Å²) in [7, 11) is 1.71. The topological polar surface area (TPSA) is 60.9 Å². The van der Waals surface area contributed by atoms with E-state index in [4.69, 9.17) is 4.52 Å². The van der Waals surface area contributed by atoms with Gasteiger partial charge in [-0.05, 0) is 20.1 Å². The second-order valence-electron chi connectivity index (χ2n) is 3.72. The molecular weight excluding hydrogens is 238 g/mol. The Kier molecular flexibility index (Phi) is 3.06. The van der Waals surface area contributed by atoms with E-state index >= 15 is 0 Å². The van der Waals surface area contributed by atoms with E-state index in [1.54, 1.807) is 7.05 Å². The van der Waals surface area contributed by atoms with E-state index in [0.29, 0.717) is 16.6 Å². The van der Waals surface area contributed by atoms with Crippen molar-refractivity contribution in [2.75, 3.05) is 6.26 Å². The summed E-state index contributed by atoms with van der Waals surface area (Å²) in [5.41, 5.74) is 2.08. The fraction of sp³-hybridized carbons (Fsp3) is 0.364. The van der Waals surface area contributed by atoms with Crippen LogP contribution in [0.5, 0.6) is 0 Å². The smallest absolute Gasteiger partial charge is 0.254 e. The Morgan fingerprint density at radius 2 is 2.12 bits per heavy atom. The summed E-state index contributed by atoms with van der Waals surface area (Å²) in [6, 6.07) is 1.51. The van der Waals surface area contributed by atoms with Gasteiger partial charge >= 0.3 is 0 Å². The number of aryl methyl sites for hydroxylation is 2. The number of thioether (sulfide) groups is 1. The maximum atomic E-state index is 11.8. The van der Waals surface area contributed by atoms with E-state index in [0.717, 1.165) is 11.3 Å². The Hall–Kier alpha value is -1.56. The summed E-state index contributed by atoms with van der Waals surface area (Å²) in [5.74, 6) is 0.676. The van der Waals surface area contributed by atoms with Gasteiger partial charge in [0.25, 0.3) is 5.56 Å². The minimum atomic E-state index is -0.0839. The summed E-state index contributed by atoms with van der Waals surface area (Å²) < 4.78 is 6.61. The molecule has 0 aliphatic rings. The molecule has 0 amide bonds. The van der Waals surface area contributed by atoms with Crippen LogP contribution in [-0.2, 0) is 7.05 Å². The van der Waals surface area contributed by atoms with Gasteiger partial charge in [-0.3, -0.25) is 9.36 Å². The minimum Gasteiger partial charge on any atom is -0.361 e. The molecule has 2 aromatic heterocycles. The highest BCUT2D eigenvalue weighted by Gasteiger charge is 2.15. The Bertz CT molecular complexity index is 596. The van der Waals surface area contributed by atoms with E-state index in [2.05, 4.69) is 10.1 Å². The Morgan fingerprint density at radius 1 is 1.41 bits per heavy atom. The van der Waals surface area contributed by atoms with Gasteiger partial charge in [-0.1, -0.05) is 16.9 Å². The summed E-state index contributed by atoms with van der Waals surface area (Å²) in [4.78, 5) is 16.2. The summed E-state index contributed by atoms with van der Waals surface area (Å²) in [6.07, 6.45) is 1.89. The predicted octanol–water partition coefficient (Wildman–Crippen LogP) is 1.77. The molecule has 0 spiro atoms. The minimum absolute atomic E-state index is 0.0839. The number of rotatable bonds is 2. The van der Waals surface area contributed by atoms with Crippen molar-refractivity contribution < 1.29 is 4.52 Å². The first-order valence-corrected chi connectivity index (χ1v) is 6.32. The van der Waals surface area contributed by atoms with Crippen LogP contribution < -0.4 is 5.56 Å². The van der Waals surface area contributed by atoms with Gasteiger partial charge in [-0.15, -0.1) is 0 Å². The van der Waals surface area contributed by atoms with Gasteiger partial charge in [-0.25, -0.2) is 4.98 Å². The molecule has 2 rings (SSSR count). The van der Waals surface area contributed by atoms with Crippen molar-refractivity contribution in [3.8, 4) is 11.3 Å². The molecule has 0 aliphatic heterocycles. The lowest BCUT2D eigenvalue weighted by Gasteiger charge is -2.06. The molecule has 17 heavy (non-hydrogen) atoms. The second kappa shape index (κ2) is 4.37. The molecule has 0 fully saturated rings. The number of hydrogen-bond acceptors (Lipinski definition) is 5. The van der Waals surface area contributed by atoms with E-state index in [1.807, 2.05) is 20.1 Å². The van der Waals surface area contributed by atoms with Crippen LogP contribution in [0.4, 0.5) is 0 Å². The van der Waals surface area contributed by atoms with Crippen molar-refractivity contribution in [1.82, 2.24) is 14.7 Å². The molecule has 0 aliphatic carbocycles. The normalized spacial score (nSPS) is 10.8. The number of aromatic nitrogens is 3. The van der Waals surface area contributed by atoms with Gasteiger partial charge in [0.1, 0.15) is 5.76 Å². The second-order valence-corrected chi connectivity index (χ2v) is 4.50. The standard InChI is InChI=1S/C11H13N3O2S/c1-6-10(7(2)16-13-6)8-5-9(15)14(3)11(12-8)17-4/h5H,1-4H3. The average Bonchev–Trinajstić information content (AvgIpc) is 2.62. The van der Waals surface area contributed by atoms with Crippen LogP contribution in [0.3, 0.4) is 0 Å². The molecule has 2 heterocycles. The largest absolute Gasteiger partial charge is 0.361 e. The third-order valence-corrected chi connectivity index (χ3v) is 3.30. The predicted molar refractivity (Wildman–Crippen MR) is 66.2 cm³/mol. The lowest BCUT2D eigenvalue weighted by Crippen LogP contribution is -2.19. The van der Waals surface area contributed by atoms with Crippen LogP contribution in [-0.4, -0.2) is 21.0 Å². The van der Waals surface area contributed by atoms with Gasteiger partial charge in [0.15, 0.2) is 5.16 Å². The fourth-order valence-corrected chi connectivity index (χ4v) is 2.23. The molecule has 90 valence electrons. The van der Waals surface area contributed by atoms with Crippen molar-refractivity contribution in [1.29, 1.82) is 0 Å². The van der Waals surface area contributed by atoms with Crippen LogP contribution in [0.15, 0.2) is 20.5 Å². The van der Waals surface area contributed by atoms with E-state index < -0.39 is 0 Å². The zero-order chi connectivity index (χ0) is 12.6. The highest BCUT2D eigenvalue weighted by molar-refractivity contribution is 7.98. The quantitative estimate of drug-likeness (QED) is 0.601.